The molecule has 1 saturated heterocycles. The lowest BCUT2D eigenvalue weighted by molar-refractivity contribution is 0.00497. The lowest BCUT2D eigenvalue weighted by atomic mass is 9.91. The molecule has 0 bridgehead atoms. The highest BCUT2D eigenvalue weighted by molar-refractivity contribution is 5.85. The molecule has 5 heterocycles. The van der Waals surface area contributed by atoms with Crippen molar-refractivity contribution in [3.05, 3.63) is 108 Å². The van der Waals surface area contributed by atoms with E-state index in [1.807, 2.05) is 54.8 Å². The maximum Gasteiger partial charge on any atom is 0.315 e. The molecule has 0 radical (unpaired) electrons. The molecule has 6 N–H and O–H groups in total. The number of benzene rings is 2. The van der Waals surface area contributed by atoms with Crippen LogP contribution >= 0.6 is 12.4 Å². The molecule has 2 aliphatic rings. The van der Waals surface area contributed by atoms with Gasteiger partial charge in [-0.1, -0.05) is 67.6 Å². The van der Waals surface area contributed by atoms with Crippen LogP contribution in [-0.4, -0.2) is 98.6 Å². The number of hydrogen-bond acceptors (Lipinski definition) is 11. The minimum atomic E-state index is -1.11. The number of hydrogen-bond donors (Lipinski definition) is 6. The highest BCUT2D eigenvalue weighted by Gasteiger charge is 2.45. The quantitative estimate of drug-likeness (QED) is 0.106. The molecule has 6 atom stereocenters. The van der Waals surface area contributed by atoms with Gasteiger partial charge < -0.3 is 40.6 Å². The van der Waals surface area contributed by atoms with Crippen molar-refractivity contribution < 1.29 is 15.0 Å². The largest absolute Gasteiger partial charge is 0.388 e. The second kappa shape index (κ2) is 16.4. The summed E-state index contributed by atoms with van der Waals surface area (Å²) in [5.74, 6) is 1.05. The average molecular weight is 768 g/mol. The summed E-state index contributed by atoms with van der Waals surface area (Å²) in [4.78, 5) is 38.4. The van der Waals surface area contributed by atoms with Crippen molar-refractivity contribution in [2.75, 3.05) is 29.9 Å². The molecule has 2 fully saturated rings. The van der Waals surface area contributed by atoms with Gasteiger partial charge in [0.1, 0.15) is 18.2 Å². The molecular weight excluding hydrogens is 722 g/mol. The summed E-state index contributed by atoms with van der Waals surface area (Å²) in [6, 6.07) is 19.0. The highest BCUT2D eigenvalue weighted by Crippen LogP contribution is 2.40. The number of rotatable bonds is 12. The fourth-order valence-corrected chi connectivity index (χ4v) is 7.60. The van der Waals surface area contributed by atoms with Crippen LogP contribution in [0.4, 0.5) is 16.6 Å². The fourth-order valence-electron chi connectivity index (χ4n) is 7.60. The van der Waals surface area contributed by atoms with Crippen LogP contribution in [0.5, 0.6) is 0 Å². The van der Waals surface area contributed by atoms with E-state index >= 15 is 0 Å². The third-order valence-electron chi connectivity index (χ3n) is 10.6. The number of H-pyrrole nitrogens is 1. The van der Waals surface area contributed by atoms with Crippen molar-refractivity contribution in [2.24, 2.45) is 0 Å². The molecule has 55 heavy (non-hydrogen) atoms. The first-order valence-electron chi connectivity index (χ1n) is 18.5. The first-order chi connectivity index (χ1) is 26.4. The minimum absolute atomic E-state index is 0. The lowest BCUT2D eigenvalue weighted by Gasteiger charge is -2.22. The van der Waals surface area contributed by atoms with E-state index in [0.717, 1.165) is 22.5 Å². The van der Waals surface area contributed by atoms with Gasteiger partial charge in [-0.05, 0) is 37.3 Å². The Morgan fingerprint density at radius 2 is 1.73 bits per heavy atom. The molecule has 17 heteroatoms. The smallest absolute Gasteiger partial charge is 0.315 e. The Balaban J connectivity index is 0.00000465. The predicted molar refractivity (Wildman–Crippen MR) is 209 cm³/mol. The Morgan fingerprint density at radius 1 is 1.00 bits per heavy atom. The van der Waals surface area contributed by atoms with Crippen molar-refractivity contribution in [2.45, 2.75) is 75.4 Å². The van der Waals surface area contributed by atoms with E-state index in [-0.39, 0.29) is 36.4 Å². The van der Waals surface area contributed by atoms with Gasteiger partial charge in [0.15, 0.2) is 17.0 Å². The molecule has 1 aliphatic carbocycles. The third-order valence-corrected chi connectivity index (χ3v) is 10.6. The van der Waals surface area contributed by atoms with Crippen LogP contribution in [-0.2, 0) is 6.42 Å². The number of amides is 2. The number of aliphatic hydroxyl groups excluding tert-OH is 2. The summed E-state index contributed by atoms with van der Waals surface area (Å²) in [6.45, 7) is 5.54. The fraction of sp³-hybridized carbons (Fsp3) is 0.395. The summed E-state index contributed by atoms with van der Waals surface area (Å²) in [5, 5.41) is 41.2. The van der Waals surface area contributed by atoms with Crippen LogP contribution in [0.15, 0.2) is 85.7 Å². The molecular formula is C38H46ClN13O3. The van der Waals surface area contributed by atoms with Gasteiger partial charge in [-0.3, -0.25) is 0 Å². The number of urea groups is 1. The number of carbonyl (C=O) groups is 1. The van der Waals surface area contributed by atoms with E-state index in [4.69, 9.17) is 15.0 Å². The maximum absolute atomic E-state index is 12.9. The van der Waals surface area contributed by atoms with E-state index < -0.39 is 24.3 Å². The minimum Gasteiger partial charge on any atom is -0.388 e. The monoisotopic (exact) mass is 767 g/mol. The van der Waals surface area contributed by atoms with Gasteiger partial charge in [0, 0.05) is 31.6 Å². The first kappa shape index (κ1) is 37.7. The van der Waals surface area contributed by atoms with Crippen LogP contribution in [0.3, 0.4) is 0 Å². The van der Waals surface area contributed by atoms with Gasteiger partial charge in [-0.25, -0.2) is 14.8 Å². The zero-order chi connectivity index (χ0) is 37.2. The lowest BCUT2D eigenvalue weighted by Crippen LogP contribution is -2.44. The van der Waals surface area contributed by atoms with E-state index in [0.29, 0.717) is 61.8 Å². The van der Waals surface area contributed by atoms with E-state index in [1.54, 1.807) is 25.0 Å². The average Bonchev–Trinajstić information content (AvgIpc) is 4.05. The summed E-state index contributed by atoms with van der Waals surface area (Å²) in [5.41, 5.74) is 5.03. The SMILES string of the molecule is CCc1cnn([C@H]2C[C@@H](n3cnc4c(NCC(c5ccccc5)c5ccccc5)nc(N5CC[C@@H](NC(=O)NC(C)c6cnc[nH]6)C5)nc43)[C@H](O)[C@@H]2O)n1.Cl. The van der Waals surface area contributed by atoms with Crippen molar-refractivity contribution in [1.29, 1.82) is 0 Å². The molecule has 288 valence electrons. The van der Waals surface area contributed by atoms with Gasteiger partial charge in [-0.15, -0.1) is 12.4 Å². The van der Waals surface area contributed by atoms with E-state index in [2.05, 4.69) is 65.3 Å². The first-order valence-corrected chi connectivity index (χ1v) is 18.5. The number of aromatic nitrogens is 9. The Labute approximate surface area is 324 Å². The van der Waals surface area contributed by atoms with Gasteiger partial charge in [0.05, 0.1) is 48.5 Å². The number of nitrogens with one attached hydrogen (secondary N) is 4. The summed E-state index contributed by atoms with van der Waals surface area (Å²) >= 11 is 0. The number of carbonyl (C=O) groups excluding carboxylic acids is 1. The molecule has 1 aliphatic heterocycles. The van der Waals surface area contributed by atoms with Crippen molar-refractivity contribution in [1.82, 2.24) is 55.1 Å². The Bertz CT molecular complexity index is 2120. The maximum atomic E-state index is 12.9. The molecule has 16 nitrogen and oxygen atoms in total. The molecule has 8 rings (SSSR count). The van der Waals surface area contributed by atoms with Crippen LogP contribution in [0.1, 0.15) is 73.2 Å². The Hall–Kier alpha value is -5.58. The molecule has 2 amide bonds. The zero-order valence-corrected chi connectivity index (χ0v) is 31.4. The Morgan fingerprint density at radius 3 is 2.40 bits per heavy atom. The van der Waals surface area contributed by atoms with Gasteiger partial charge in [0.25, 0.3) is 0 Å². The number of halogens is 1. The third kappa shape index (κ3) is 7.83. The van der Waals surface area contributed by atoms with Crippen LogP contribution in [0, 0.1) is 0 Å². The predicted octanol–water partition coefficient (Wildman–Crippen LogP) is 3.92. The number of imidazole rings is 2. The molecule has 2 aromatic carbocycles. The topological polar surface area (TPSA) is 200 Å². The molecule has 1 saturated carbocycles. The zero-order valence-electron chi connectivity index (χ0n) is 30.6. The van der Waals surface area contributed by atoms with Gasteiger partial charge >= 0.3 is 6.03 Å². The Kier molecular flexibility index (Phi) is 11.3. The van der Waals surface area contributed by atoms with Gasteiger partial charge in [0.2, 0.25) is 5.95 Å². The van der Waals surface area contributed by atoms with Crippen LogP contribution in [0.2, 0.25) is 0 Å². The second-order valence-corrected chi connectivity index (χ2v) is 14.1. The van der Waals surface area contributed by atoms with E-state index in [9.17, 15) is 15.0 Å². The number of fused-ring (bicyclic) bond motifs is 1. The van der Waals surface area contributed by atoms with Crippen LogP contribution < -0.4 is 20.9 Å². The van der Waals surface area contributed by atoms with Crippen molar-refractivity contribution in [3.63, 3.8) is 0 Å². The normalized spacial score (nSPS) is 21.5. The number of anilines is 2. The number of aryl methyl sites for hydroxylation is 1. The van der Waals surface area contributed by atoms with Crippen LogP contribution in [0.25, 0.3) is 11.2 Å². The molecule has 4 aromatic heterocycles. The number of nitrogens with zero attached hydrogens (tertiary/aromatic N) is 9. The molecule has 1 unspecified atom stereocenters. The standard InChI is InChI=1S/C38H45N13O3.ClH/c1-3-26-17-43-51(48-26)31-16-30(33(52)34(31)53)50-22-42-32-35(40-18-28(24-10-6-4-7-11-24)25-12-8-5-9-13-25)46-37(47-36(32)50)49-15-14-27(20-49)45-38(54)44-23(2)29-19-39-21-41-29;/h4-13,17,19,21-23,27-28,30-31,33-34,52-53H,3,14-16,18,20H2,1-2H3,(H,39,41)(H,40,46,47)(H2,44,45,54);1H/t23?,27-,30-,31+,33+,34-;/m1./s1. The summed E-state index contributed by atoms with van der Waals surface area (Å²) in [6.07, 6.45) is 6.22. The number of aliphatic hydroxyl groups is 2. The van der Waals surface area contributed by atoms with Gasteiger partial charge in [-0.2, -0.15) is 25.0 Å². The van der Waals surface area contributed by atoms with Crippen molar-refractivity contribution >= 4 is 41.4 Å². The highest BCUT2D eigenvalue weighted by atomic mass is 35.5. The summed E-state index contributed by atoms with van der Waals surface area (Å²) in [7, 11) is 0. The second-order valence-electron chi connectivity index (χ2n) is 14.1. The number of aromatic amines is 1. The summed E-state index contributed by atoms with van der Waals surface area (Å²) < 4.78 is 1.84. The molecule has 6 aromatic rings. The molecule has 0 spiro atoms. The van der Waals surface area contributed by atoms with E-state index in [1.165, 1.54) is 4.80 Å². The van der Waals surface area contributed by atoms with Crippen molar-refractivity contribution in [3.8, 4) is 0 Å².